The lowest BCUT2D eigenvalue weighted by molar-refractivity contribution is -0.215. The van der Waals surface area contributed by atoms with Gasteiger partial charge in [-0.1, -0.05) is 6.42 Å². The molecule has 0 aliphatic heterocycles. The van der Waals surface area contributed by atoms with Crippen LogP contribution in [0, 0.1) is 5.92 Å². The minimum atomic E-state index is -4.30. The molecule has 3 atom stereocenters. The molecule has 0 amide bonds. The molecule has 0 aromatic heterocycles. The van der Waals surface area contributed by atoms with E-state index in [-0.39, 0.29) is 24.7 Å². The van der Waals surface area contributed by atoms with E-state index in [1.54, 1.807) is 0 Å². The smallest absolute Gasteiger partial charge is 0.394 e. The molecule has 0 bridgehead atoms. The number of hydrogen-bond acceptors (Lipinski definition) is 3. The maximum atomic E-state index is 12.4. The quantitative estimate of drug-likeness (QED) is 0.758. The zero-order chi connectivity index (χ0) is 14.8. The Balaban J connectivity index is 1.81. The normalized spacial score (nSPS) is 32.5. The minimum Gasteiger partial charge on any atom is -0.394 e. The molecule has 2 rings (SSSR count). The van der Waals surface area contributed by atoms with E-state index in [4.69, 9.17) is 4.74 Å². The first-order valence-electron chi connectivity index (χ1n) is 7.44. The number of rotatable bonds is 7. The summed E-state index contributed by atoms with van der Waals surface area (Å²) < 4.78 is 42.0. The summed E-state index contributed by atoms with van der Waals surface area (Å²) in [5.41, 5.74) is -0.300. The summed E-state index contributed by atoms with van der Waals surface area (Å²) in [5.74, 6) is 0.202. The fraction of sp³-hybridized carbons (Fsp3) is 1.00. The Morgan fingerprint density at radius 1 is 1.35 bits per heavy atom. The van der Waals surface area contributed by atoms with Crippen molar-refractivity contribution >= 4 is 0 Å². The molecule has 0 aromatic rings. The Morgan fingerprint density at radius 2 is 2.05 bits per heavy atom. The summed E-state index contributed by atoms with van der Waals surface area (Å²) in [6, 6.07) is 0.484. The number of ether oxygens (including phenoxy) is 1. The summed E-state index contributed by atoms with van der Waals surface area (Å²) in [4.78, 5) is 0. The van der Waals surface area contributed by atoms with E-state index >= 15 is 0 Å². The van der Waals surface area contributed by atoms with Crippen LogP contribution in [0.3, 0.4) is 0 Å². The fourth-order valence-electron chi connectivity index (χ4n) is 3.12. The first kappa shape index (κ1) is 16.0. The highest BCUT2D eigenvalue weighted by molar-refractivity contribution is 5.02. The fourth-order valence-corrected chi connectivity index (χ4v) is 3.12. The van der Waals surface area contributed by atoms with Crippen molar-refractivity contribution in [2.45, 2.75) is 69.3 Å². The van der Waals surface area contributed by atoms with E-state index in [2.05, 4.69) is 5.32 Å². The van der Waals surface area contributed by atoms with E-state index in [0.29, 0.717) is 12.5 Å². The van der Waals surface area contributed by atoms with Crippen LogP contribution in [0.1, 0.15) is 45.4 Å². The van der Waals surface area contributed by atoms with Crippen LogP contribution in [-0.2, 0) is 4.74 Å². The van der Waals surface area contributed by atoms with Crippen molar-refractivity contribution in [3.05, 3.63) is 0 Å². The molecule has 2 aliphatic carbocycles. The van der Waals surface area contributed by atoms with Gasteiger partial charge in [0.1, 0.15) is 0 Å². The van der Waals surface area contributed by atoms with E-state index in [1.807, 2.05) is 0 Å². The highest BCUT2D eigenvalue weighted by atomic mass is 19.4. The second-order valence-electron chi connectivity index (χ2n) is 6.17. The van der Waals surface area contributed by atoms with Crippen LogP contribution in [0.5, 0.6) is 0 Å². The lowest BCUT2D eigenvalue weighted by Crippen LogP contribution is -2.52. The van der Waals surface area contributed by atoms with Crippen LogP contribution in [0.25, 0.3) is 0 Å². The molecule has 0 heterocycles. The van der Waals surface area contributed by atoms with Gasteiger partial charge in [0.2, 0.25) is 0 Å². The number of halogens is 3. The highest BCUT2D eigenvalue weighted by Gasteiger charge is 2.45. The number of nitrogens with one attached hydrogen (secondary N) is 1. The van der Waals surface area contributed by atoms with Gasteiger partial charge in [0.15, 0.2) is 6.10 Å². The van der Waals surface area contributed by atoms with Crippen molar-refractivity contribution < 1.29 is 23.0 Å². The molecule has 6 heteroatoms. The highest BCUT2D eigenvalue weighted by Crippen LogP contribution is 2.40. The number of aliphatic hydroxyl groups excluding tert-OH is 1. The van der Waals surface area contributed by atoms with Gasteiger partial charge in [0.05, 0.1) is 6.61 Å². The van der Waals surface area contributed by atoms with E-state index in [9.17, 15) is 18.3 Å². The van der Waals surface area contributed by atoms with Crippen molar-refractivity contribution in [2.75, 3.05) is 13.2 Å². The van der Waals surface area contributed by atoms with Gasteiger partial charge in [-0.15, -0.1) is 0 Å². The van der Waals surface area contributed by atoms with Crippen LogP contribution in [0.2, 0.25) is 0 Å². The Labute approximate surface area is 117 Å². The summed E-state index contributed by atoms with van der Waals surface area (Å²) >= 11 is 0. The van der Waals surface area contributed by atoms with Gasteiger partial charge in [-0.05, 0) is 44.9 Å². The molecule has 0 aromatic carbocycles. The van der Waals surface area contributed by atoms with Crippen LogP contribution < -0.4 is 5.32 Å². The van der Waals surface area contributed by atoms with Crippen molar-refractivity contribution in [3.63, 3.8) is 0 Å². The Hall–Kier alpha value is -0.330. The topological polar surface area (TPSA) is 41.5 Å². The predicted octanol–water partition coefficient (Wildman–Crippen LogP) is 2.63. The zero-order valence-electron chi connectivity index (χ0n) is 11.9. The molecule has 0 radical (unpaired) electrons. The van der Waals surface area contributed by atoms with Crippen molar-refractivity contribution in [2.24, 2.45) is 5.92 Å². The molecule has 2 N–H and O–H groups in total. The molecule has 20 heavy (non-hydrogen) atoms. The largest absolute Gasteiger partial charge is 0.414 e. The van der Waals surface area contributed by atoms with E-state index < -0.39 is 12.3 Å². The van der Waals surface area contributed by atoms with Gasteiger partial charge < -0.3 is 15.2 Å². The van der Waals surface area contributed by atoms with Gasteiger partial charge in [0.25, 0.3) is 0 Å². The maximum absolute atomic E-state index is 12.4. The second kappa shape index (κ2) is 6.20. The molecule has 2 fully saturated rings. The van der Waals surface area contributed by atoms with Crippen molar-refractivity contribution in [1.82, 2.24) is 5.32 Å². The molecule has 0 saturated heterocycles. The van der Waals surface area contributed by atoms with Crippen molar-refractivity contribution in [1.29, 1.82) is 0 Å². The van der Waals surface area contributed by atoms with Gasteiger partial charge in [-0.2, -0.15) is 13.2 Å². The summed E-state index contributed by atoms with van der Waals surface area (Å²) in [7, 11) is 0. The third-order valence-corrected chi connectivity index (χ3v) is 4.60. The summed E-state index contributed by atoms with van der Waals surface area (Å²) in [6.45, 7) is 1.19. The lowest BCUT2D eigenvalue weighted by Gasteiger charge is -2.35. The SMILES string of the molecule is CC(OCCC1CCCC1(CO)NC1CC1)C(F)(F)F. The standard InChI is InChI=1S/C14H24F3NO2/c1-10(14(15,16)17)20-8-6-11-3-2-7-13(11,9-19)18-12-4-5-12/h10-12,18-19H,2-9H2,1H3. The zero-order valence-corrected chi connectivity index (χ0v) is 11.9. The van der Waals surface area contributed by atoms with Crippen LogP contribution in [-0.4, -0.2) is 42.2 Å². The second-order valence-corrected chi connectivity index (χ2v) is 6.17. The minimum absolute atomic E-state index is 0.0585. The number of hydrogen-bond donors (Lipinski definition) is 2. The van der Waals surface area contributed by atoms with Gasteiger partial charge in [0, 0.05) is 18.2 Å². The number of aliphatic hydroxyl groups is 1. The van der Waals surface area contributed by atoms with Crippen LogP contribution >= 0.6 is 0 Å². The molecule has 2 saturated carbocycles. The molecule has 2 aliphatic rings. The molecular formula is C14H24F3NO2. The molecule has 3 unspecified atom stereocenters. The van der Waals surface area contributed by atoms with E-state index in [0.717, 1.165) is 39.0 Å². The average molecular weight is 295 g/mol. The monoisotopic (exact) mass is 295 g/mol. The van der Waals surface area contributed by atoms with Crippen LogP contribution in [0.15, 0.2) is 0 Å². The van der Waals surface area contributed by atoms with Crippen molar-refractivity contribution in [3.8, 4) is 0 Å². The number of alkyl halides is 3. The molecule has 3 nitrogen and oxygen atoms in total. The van der Waals surface area contributed by atoms with Gasteiger partial charge in [-0.3, -0.25) is 0 Å². The first-order chi connectivity index (χ1) is 9.37. The Kier molecular flexibility index (Phi) is 4.97. The van der Waals surface area contributed by atoms with Gasteiger partial charge in [-0.25, -0.2) is 0 Å². The Bertz CT molecular complexity index is 320. The third-order valence-electron chi connectivity index (χ3n) is 4.60. The molecule has 118 valence electrons. The molecule has 0 spiro atoms. The third kappa shape index (κ3) is 3.86. The predicted molar refractivity (Wildman–Crippen MR) is 69.4 cm³/mol. The Morgan fingerprint density at radius 3 is 2.60 bits per heavy atom. The lowest BCUT2D eigenvalue weighted by atomic mass is 9.85. The van der Waals surface area contributed by atoms with Crippen LogP contribution in [0.4, 0.5) is 13.2 Å². The average Bonchev–Trinajstić information content (AvgIpc) is 3.09. The molecular weight excluding hydrogens is 271 g/mol. The summed E-state index contributed by atoms with van der Waals surface area (Å²) in [6.07, 6.45) is -0.310. The van der Waals surface area contributed by atoms with Gasteiger partial charge >= 0.3 is 6.18 Å². The summed E-state index contributed by atoms with van der Waals surface area (Å²) in [5, 5.41) is 13.2. The first-order valence-corrected chi connectivity index (χ1v) is 7.44. The maximum Gasteiger partial charge on any atom is 0.414 e. The van der Waals surface area contributed by atoms with E-state index in [1.165, 1.54) is 0 Å².